The van der Waals surface area contributed by atoms with Gasteiger partial charge >= 0.3 is 6.09 Å². The van der Waals surface area contributed by atoms with E-state index >= 15 is 0 Å². The molecule has 1 unspecified atom stereocenters. The highest BCUT2D eigenvalue weighted by molar-refractivity contribution is 5.90. The third-order valence-electron chi connectivity index (χ3n) is 4.60. The molecule has 0 bridgehead atoms. The number of nitrogens with one attached hydrogen (secondary N) is 3. The van der Waals surface area contributed by atoms with Crippen molar-refractivity contribution in [2.24, 2.45) is 0 Å². The number of hydrogen-bond acceptors (Lipinski definition) is 6. The molecule has 3 rings (SSSR count). The summed E-state index contributed by atoms with van der Waals surface area (Å²) in [5.74, 6) is -0.769. The van der Waals surface area contributed by atoms with E-state index in [0.717, 1.165) is 11.9 Å². The number of rotatable bonds is 10. The predicted molar refractivity (Wildman–Crippen MR) is 109 cm³/mol. The summed E-state index contributed by atoms with van der Waals surface area (Å²) in [5.41, 5.74) is 1.59. The van der Waals surface area contributed by atoms with Gasteiger partial charge in [0.05, 0.1) is 43.3 Å². The highest BCUT2D eigenvalue weighted by atomic mass is 19.1. The molecule has 1 aliphatic rings. The van der Waals surface area contributed by atoms with E-state index in [4.69, 9.17) is 14.6 Å². The normalized spacial score (nSPS) is 15.7. The van der Waals surface area contributed by atoms with Crippen LogP contribution in [0.15, 0.2) is 41.2 Å². The van der Waals surface area contributed by atoms with E-state index in [9.17, 15) is 14.0 Å². The molecule has 9 nitrogen and oxygen atoms in total. The summed E-state index contributed by atoms with van der Waals surface area (Å²) < 4.78 is 24.9. The average Bonchev–Trinajstić information content (AvgIpc) is 3.36. The Bertz CT molecular complexity index is 889. The summed E-state index contributed by atoms with van der Waals surface area (Å²) in [6.07, 6.45) is 3.21. The Labute approximate surface area is 173 Å². The predicted octanol–water partition coefficient (Wildman–Crippen LogP) is 2.08. The number of amides is 2. The molecule has 2 aromatic rings. The Kier molecular flexibility index (Phi) is 7.02. The largest absolute Gasteiger partial charge is 0.472 e. The molecule has 0 aliphatic carbocycles. The molecule has 1 aromatic carbocycles. The monoisotopic (exact) mass is 417 g/mol. The second-order valence-corrected chi connectivity index (χ2v) is 6.82. The Balaban J connectivity index is 1.58. The Morgan fingerprint density at radius 2 is 2.27 bits per heavy atom. The van der Waals surface area contributed by atoms with Gasteiger partial charge in [-0.2, -0.15) is 0 Å². The standard InChI is InChI=1S/C20H24FN5O4/c1-14(27)24-10-17-11-26(20(28)30-17)16-2-3-19(18(21)8-16)25(13-22)6-5-23-9-15-4-7-29-12-15/h2-4,7-8,12-13,17,22-23H,5-6,9-11H2,1H3,(H,24,27). The first-order valence-corrected chi connectivity index (χ1v) is 9.49. The minimum atomic E-state index is -0.593. The lowest BCUT2D eigenvalue weighted by atomic mass is 10.2. The highest BCUT2D eigenvalue weighted by Crippen LogP contribution is 2.27. The van der Waals surface area contributed by atoms with Gasteiger partial charge in [0.1, 0.15) is 11.9 Å². The van der Waals surface area contributed by atoms with Crippen molar-refractivity contribution in [1.29, 1.82) is 5.41 Å². The Hall–Kier alpha value is -3.40. The van der Waals surface area contributed by atoms with Gasteiger partial charge in [0.2, 0.25) is 5.91 Å². The van der Waals surface area contributed by atoms with Crippen LogP contribution in [-0.4, -0.2) is 50.6 Å². The van der Waals surface area contributed by atoms with Crippen molar-refractivity contribution >= 4 is 29.7 Å². The van der Waals surface area contributed by atoms with Crippen LogP contribution in [0.3, 0.4) is 0 Å². The van der Waals surface area contributed by atoms with E-state index in [-0.39, 0.29) is 24.7 Å². The number of cyclic esters (lactones) is 1. The molecule has 160 valence electrons. The lowest BCUT2D eigenvalue weighted by molar-refractivity contribution is -0.119. The molecule has 30 heavy (non-hydrogen) atoms. The van der Waals surface area contributed by atoms with Crippen LogP contribution >= 0.6 is 0 Å². The number of carbonyl (C=O) groups is 2. The highest BCUT2D eigenvalue weighted by Gasteiger charge is 2.32. The first-order chi connectivity index (χ1) is 14.5. The molecule has 2 heterocycles. The van der Waals surface area contributed by atoms with Crippen LogP contribution in [0.25, 0.3) is 0 Å². The van der Waals surface area contributed by atoms with Gasteiger partial charge < -0.3 is 24.7 Å². The Morgan fingerprint density at radius 3 is 2.93 bits per heavy atom. The Morgan fingerprint density at radius 1 is 1.43 bits per heavy atom. The van der Waals surface area contributed by atoms with Crippen LogP contribution in [0, 0.1) is 11.2 Å². The van der Waals surface area contributed by atoms with Crippen molar-refractivity contribution in [2.75, 3.05) is 36.0 Å². The van der Waals surface area contributed by atoms with Gasteiger partial charge in [-0.05, 0) is 24.3 Å². The topological polar surface area (TPSA) is 111 Å². The van der Waals surface area contributed by atoms with Crippen molar-refractivity contribution in [2.45, 2.75) is 19.6 Å². The van der Waals surface area contributed by atoms with E-state index in [0.29, 0.717) is 25.3 Å². The molecule has 0 saturated carbocycles. The second-order valence-electron chi connectivity index (χ2n) is 6.82. The number of nitrogens with zero attached hydrogens (tertiary/aromatic N) is 2. The molecule has 0 radical (unpaired) electrons. The summed E-state index contributed by atoms with van der Waals surface area (Å²) in [4.78, 5) is 25.9. The minimum absolute atomic E-state index is 0.200. The number of furan rings is 1. The van der Waals surface area contributed by atoms with E-state index in [2.05, 4.69) is 10.6 Å². The van der Waals surface area contributed by atoms with Crippen LogP contribution < -0.4 is 20.4 Å². The third kappa shape index (κ3) is 5.35. The summed E-state index contributed by atoms with van der Waals surface area (Å²) in [5, 5.41) is 13.4. The smallest absolute Gasteiger partial charge is 0.414 e. The van der Waals surface area contributed by atoms with E-state index < -0.39 is 18.0 Å². The molecule has 1 saturated heterocycles. The van der Waals surface area contributed by atoms with E-state index in [1.165, 1.54) is 28.9 Å². The zero-order valence-corrected chi connectivity index (χ0v) is 16.6. The van der Waals surface area contributed by atoms with Crippen molar-refractivity contribution in [1.82, 2.24) is 10.6 Å². The van der Waals surface area contributed by atoms with Crippen molar-refractivity contribution in [3.8, 4) is 0 Å². The molecule has 2 amide bonds. The molecule has 1 fully saturated rings. The van der Waals surface area contributed by atoms with Gasteiger partial charge in [0.15, 0.2) is 0 Å². The quantitative estimate of drug-likeness (QED) is 0.310. The van der Waals surface area contributed by atoms with E-state index in [1.807, 2.05) is 6.07 Å². The molecular formula is C20H24FN5O4. The molecule has 1 aliphatic heterocycles. The number of ether oxygens (including phenoxy) is 1. The van der Waals surface area contributed by atoms with Crippen LogP contribution in [0.4, 0.5) is 20.6 Å². The minimum Gasteiger partial charge on any atom is -0.472 e. The zero-order chi connectivity index (χ0) is 21.5. The van der Waals surface area contributed by atoms with Crippen LogP contribution in [0.2, 0.25) is 0 Å². The molecular weight excluding hydrogens is 393 g/mol. The molecule has 0 spiro atoms. The number of anilines is 2. The maximum atomic E-state index is 14.7. The lowest BCUT2D eigenvalue weighted by Crippen LogP contribution is -2.33. The van der Waals surface area contributed by atoms with Gasteiger partial charge in [-0.25, -0.2) is 9.18 Å². The van der Waals surface area contributed by atoms with Gasteiger partial charge in [-0.15, -0.1) is 0 Å². The second kappa shape index (κ2) is 9.88. The van der Waals surface area contributed by atoms with Gasteiger partial charge in [0, 0.05) is 32.1 Å². The van der Waals surface area contributed by atoms with Gasteiger partial charge in [-0.3, -0.25) is 15.1 Å². The zero-order valence-electron chi connectivity index (χ0n) is 16.6. The van der Waals surface area contributed by atoms with Crippen LogP contribution in [0.5, 0.6) is 0 Å². The van der Waals surface area contributed by atoms with Crippen molar-refractivity contribution in [3.05, 3.63) is 48.2 Å². The SMILES string of the molecule is CC(=O)NCC1CN(c2ccc(N(C=N)CCNCc3ccoc3)c(F)c2)C(=O)O1. The molecule has 10 heteroatoms. The number of carbonyl (C=O) groups excluding carboxylic acids is 2. The maximum absolute atomic E-state index is 14.7. The van der Waals surface area contributed by atoms with Crippen molar-refractivity contribution < 1.29 is 23.1 Å². The third-order valence-corrected chi connectivity index (χ3v) is 4.60. The molecule has 3 N–H and O–H groups in total. The summed E-state index contributed by atoms with van der Waals surface area (Å²) >= 11 is 0. The van der Waals surface area contributed by atoms with E-state index in [1.54, 1.807) is 18.6 Å². The van der Waals surface area contributed by atoms with Crippen LogP contribution in [0.1, 0.15) is 12.5 Å². The van der Waals surface area contributed by atoms with Crippen molar-refractivity contribution in [3.63, 3.8) is 0 Å². The maximum Gasteiger partial charge on any atom is 0.414 e. The fraction of sp³-hybridized carbons (Fsp3) is 0.350. The summed E-state index contributed by atoms with van der Waals surface area (Å²) in [6.45, 7) is 3.33. The summed E-state index contributed by atoms with van der Waals surface area (Å²) in [6, 6.07) is 6.23. The number of benzene rings is 1. The fourth-order valence-electron chi connectivity index (χ4n) is 3.07. The number of halogens is 1. The van der Waals surface area contributed by atoms with Gasteiger partial charge in [0.25, 0.3) is 0 Å². The molecule has 1 aromatic heterocycles. The van der Waals surface area contributed by atoms with Gasteiger partial charge in [-0.1, -0.05) is 0 Å². The summed E-state index contributed by atoms with van der Waals surface area (Å²) in [7, 11) is 0. The molecule has 1 atom stereocenters. The number of hydrogen-bond donors (Lipinski definition) is 3. The lowest BCUT2D eigenvalue weighted by Gasteiger charge is -2.21. The average molecular weight is 417 g/mol. The van der Waals surface area contributed by atoms with Crippen LogP contribution in [-0.2, 0) is 16.1 Å². The first kappa shape index (κ1) is 21.3. The first-order valence-electron chi connectivity index (χ1n) is 9.49. The fourth-order valence-corrected chi connectivity index (χ4v) is 3.07.